The SMILES string of the molecule is COC(=O)c1cc(Cl)c(N)c(C)c1F. The van der Waals surface area contributed by atoms with Gasteiger partial charge in [-0.3, -0.25) is 0 Å². The van der Waals surface area contributed by atoms with Gasteiger partial charge in [0.2, 0.25) is 0 Å². The number of carbonyl (C=O) groups excluding carboxylic acids is 1. The molecule has 0 amide bonds. The molecule has 0 bridgehead atoms. The fourth-order valence-electron chi connectivity index (χ4n) is 1.03. The van der Waals surface area contributed by atoms with Crippen LogP contribution in [0.3, 0.4) is 0 Å². The Morgan fingerprint density at radius 3 is 2.71 bits per heavy atom. The van der Waals surface area contributed by atoms with Crippen LogP contribution in [0.1, 0.15) is 15.9 Å². The van der Waals surface area contributed by atoms with Crippen molar-refractivity contribution in [3.8, 4) is 0 Å². The fourth-order valence-corrected chi connectivity index (χ4v) is 1.28. The third-order valence-corrected chi connectivity index (χ3v) is 2.22. The maximum atomic E-state index is 13.4. The molecule has 0 saturated heterocycles. The van der Waals surface area contributed by atoms with E-state index in [0.717, 1.165) is 6.07 Å². The normalized spacial score (nSPS) is 10.0. The number of anilines is 1. The van der Waals surface area contributed by atoms with E-state index < -0.39 is 11.8 Å². The maximum Gasteiger partial charge on any atom is 0.340 e. The minimum atomic E-state index is -0.771. The zero-order chi connectivity index (χ0) is 10.9. The van der Waals surface area contributed by atoms with E-state index in [2.05, 4.69) is 4.74 Å². The Morgan fingerprint density at radius 2 is 2.21 bits per heavy atom. The predicted octanol–water partition coefficient (Wildman–Crippen LogP) is 2.16. The summed E-state index contributed by atoms with van der Waals surface area (Å²) in [6.45, 7) is 1.45. The topological polar surface area (TPSA) is 52.3 Å². The van der Waals surface area contributed by atoms with Crippen LogP contribution in [0.4, 0.5) is 10.1 Å². The number of nitrogens with two attached hydrogens (primary N) is 1. The van der Waals surface area contributed by atoms with Crippen LogP contribution in [0.15, 0.2) is 6.07 Å². The largest absolute Gasteiger partial charge is 0.465 e. The second-order valence-electron chi connectivity index (χ2n) is 2.75. The number of nitrogen functional groups attached to an aromatic ring is 1. The summed E-state index contributed by atoms with van der Waals surface area (Å²) in [5, 5.41) is 0.143. The summed E-state index contributed by atoms with van der Waals surface area (Å²) in [5.41, 5.74) is 5.55. The lowest BCUT2D eigenvalue weighted by molar-refractivity contribution is 0.0595. The van der Waals surface area contributed by atoms with E-state index in [0.29, 0.717) is 0 Å². The van der Waals surface area contributed by atoms with Gasteiger partial charge in [-0.1, -0.05) is 11.6 Å². The molecular weight excluding hydrogens is 209 g/mol. The highest BCUT2D eigenvalue weighted by molar-refractivity contribution is 6.33. The lowest BCUT2D eigenvalue weighted by Crippen LogP contribution is -2.07. The van der Waals surface area contributed by atoms with Crippen LogP contribution in [0.2, 0.25) is 5.02 Å². The first-order valence-electron chi connectivity index (χ1n) is 3.81. The second kappa shape index (κ2) is 3.84. The minimum Gasteiger partial charge on any atom is -0.465 e. The summed E-state index contributed by atoms with van der Waals surface area (Å²) >= 11 is 5.69. The number of esters is 1. The van der Waals surface area contributed by atoms with Crippen molar-refractivity contribution in [2.75, 3.05) is 12.8 Å². The molecular formula is C9H9ClFNO2. The first-order valence-corrected chi connectivity index (χ1v) is 4.19. The van der Waals surface area contributed by atoms with E-state index in [1.165, 1.54) is 14.0 Å². The van der Waals surface area contributed by atoms with Crippen LogP contribution < -0.4 is 5.73 Å². The molecule has 0 fully saturated rings. The van der Waals surface area contributed by atoms with Gasteiger partial charge in [-0.25, -0.2) is 9.18 Å². The minimum absolute atomic E-state index is 0.136. The smallest absolute Gasteiger partial charge is 0.340 e. The van der Waals surface area contributed by atoms with Gasteiger partial charge >= 0.3 is 5.97 Å². The van der Waals surface area contributed by atoms with Crippen molar-refractivity contribution < 1.29 is 13.9 Å². The van der Waals surface area contributed by atoms with Crippen molar-refractivity contribution in [3.05, 3.63) is 28.0 Å². The zero-order valence-electron chi connectivity index (χ0n) is 7.73. The second-order valence-corrected chi connectivity index (χ2v) is 3.16. The van der Waals surface area contributed by atoms with Crippen molar-refractivity contribution >= 4 is 23.3 Å². The molecule has 2 N–H and O–H groups in total. The van der Waals surface area contributed by atoms with E-state index in [4.69, 9.17) is 17.3 Å². The van der Waals surface area contributed by atoms with Gasteiger partial charge in [0.25, 0.3) is 0 Å². The van der Waals surface area contributed by atoms with E-state index in [-0.39, 0.29) is 21.8 Å². The third-order valence-electron chi connectivity index (χ3n) is 1.90. The van der Waals surface area contributed by atoms with Crippen LogP contribution >= 0.6 is 11.6 Å². The molecule has 0 radical (unpaired) electrons. The van der Waals surface area contributed by atoms with E-state index in [1.807, 2.05) is 0 Å². The van der Waals surface area contributed by atoms with E-state index in [9.17, 15) is 9.18 Å². The molecule has 0 unspecified atom stereocenters. The summed E-state index contributed by atoms with van der Waals surface area (Å²) in [5.74, 6) is -1.47. The Hall–Kier alpha value is -1.29. The molecule has 1 aromatic rings. The molecule has 14 heavy (non-hydrogen) atoms. The van der Waals surface area contributed by atoms with Gasteiger partial charge in [0, 0.05) is 5.56 Å². The Bertz CT molecular complexity index is 393. The highest BCUT2D eigenvalue weighted by Gasteiger charge is 2.18. The number of ether oxygens (including phenoxy) is 1. The number of halogens is 2. The van der Waals surface area contributed by atoms with E-state index in [1.54, 1.807) is 0 Å². The predicted molar refractivity (Wildman–Crippen MR) is 51.9 cm³/mol. The van der Waals surface area contributed by atoms with Gasteiger partial charge in [-0.05, 0) is 13.0 Å². The molecule has 0 aromatic heterocycles. The Balaban J connectivity index is 3.40. The Kier molecular flexibility index (Phi) is 2.96. The molecule has 76 valence electrons. The molecule has 0 atom stereocenters. The number of methoxy groups -OCH3 is 1. The van der Waals surface area contributed by atoms with Crippen molar-refractivity contribution in [1.82, 2.24) is 0 Å². The van der Waals surface area contributed by atoms with Crippen LogP contribution in [0, 0.1) is 12.7 Å². The number of carbonyl (C=O) groups is 1. The summed E-state index contributed by atoms with van der Waals surface area (Å²) in [6, 6.07) is 1.16. The van der Waals surface area contributed by atoms with Gasteiger partial charge in [0.15, 0.2) is 0 Å². The number of hydrogen-bond acceptors (Lipinski definition) is 3. The lowest BCUT2D eigenvalue weighted by Gasteiger charge is -2.08. The molecule has 1 aromatic carbocycles. The van der Waals surface area contributed by atoms with Crippen molar-refractivity contribution in [1.29, 1.82) is 0 Å². The average Bonchev–Trinajstić information content (AvgIpc) is 2.19. The van der Waals surface area contributed by atoms with Crippen LogP contribution in [-0.4, -0.2) is 13.1 Å². The number of benzene rings is 1. The molecule has 0 saturated carbocycles. The van der Waals surface area contributed by atoms with E-state index >= 15 is 0 Å². The molecule has 0 spiro atoms. The third kappa shape index (κ3) is 1.65. The monoisotopic (exact) mass is 217 g/mol. The summed E-state index contributed by atoms with van der Waals surface area (Å²) < 4.78 is 17.8. The Labute approximate surface area is 85.6 Å². The van der Waals surface area contributed by atoms with Gasteiger partial charge in [-0.2, -0.15) is 0 Å². The van der Waals surface area contributed by atoms with Crippen molar-refractivity contribution in [2.45, 2.75) is 6.92 Å². The van der Waals surface area contributed by atoms with Gasteiger partial charge in [-0.15, -0.1) is 0 Å². The van der Waals surface area contributed by atoms with Gasteiger partial charge in [0.05, 0.1) is 23.4 Å². The summed E-state index contributed by atoms with van der Waals surface area (Å²) in [6.07, 6.45) is 0. The fraction of sp³-hybridized carbons (Fsp3) is 0.222. The molecule has 0 aliphatic rings. The summed E-state index contributed by atoms with van der Waals surface area (Å²) in [4.78, 5) is 11.1. The van der Waals surface area contributed by atoms with Crippen molar-refractivity contribution in [3.63, 3.8) is 0 Å². The first kappa shape index (κ1) is 10.8. The molecule has 0 aliphatic heterocycles. The standard InChI is InChI=1S/C9H9ClFNO2/c1-4-7(11)5(9(13)14-2)3-6(10)8(4)12/h3H,12H2,1-2H3. The molecule has 0 aliphatic carbocycles. The molecule has 5 heteroatoms. The number of hydrogen-bond donors (Lipinski definition) is 1. The molecule has 3 nitrogen and oxygen atoms in total. The first-order chi connectivity index (χ1) is 6.49. The van der Waals surface area contributed by atoms with Crippen LogP contribution in [0.5, 0.6) is 0 Å². The molecule has 1 rings (SSSR count). The highest BCUT2D eigenvalue weighted by atomic mass is 35.5. The van der Waals surface area contributed by atoms with Crippen molar-refractivity contribution in [2.24, 2.45) is 0 Å². The van der Waals surface area contributed by atoms with Crippen LogP contribution in [-0.2, 0) is 4.74 Å². The highest BCUT2D eigenvalue weighted by Crippen LogP contribution is 2.27. The quantitative estimate of drug-likeness (QED) is 0.579. The van der Waals surface area contributed by atoms with Gasteiger partial charge in [0.1, 0.15) is 5.82 Å². The maximum absolute atomic E-state index is 13.4. The summed E-state index contributed by atoms with van der Waals surface area (Å²) in [7, 11) is 1.17. The Morgan fingerprint density at radius 1 is 1.64 bits per heavy atom. The molecule has 0 heterocycles. The number of rotatable bonds is 1. The zero-order valence-corrected chi connectivity index (χ0v) is 8.48. The van der Waals surface area contributed by atoms with Gasteiger partial charge < -0.3 is 10.5 Å². The lowest BCUT2D eigenvalue weighted by atomic mass is 10.1. The average molecular weight is 218 g/mol. The van der Waals surface area contributed by atoms with Crippen LogP contribution in [0.25, 0.3) is 0 Å².